The standard InChI is InChI=1S/C49H29N3O/c1-2-11-30(12-3-1)34-25-26-43-42(28-34)46-40(19-10-20-44(46)53-43)48-50-47(36-24-21-31-13-4-5-15-33(31)27-36)51-49(52-48)41-29-35-23-22-32-14-6-7-16-37(32)45(35)39-18-9-8-17-38(39)41/h1-29H. The number of nitrogens with zero attached hydrogens (tertiary/aromatic N) is 3. The summed E-state index contributed by atoms with van der Waals surface area (Å²) in [7, 11) is 0. The smallest absolute Gasteiger partial charge is 0.164 e. The average Bonchev–Trinajstić information content (AvgIpc) is 3.61. The molecule has 11 aromatic rings. The van der Waals surface area contributed by atoms with Crippen molar-refractivity contribution >= 4 is 65.0 Å². The number of benzene rings is 9. The number of hydrogen-bond acceptors (Lipinski definition) is 4. The van der Waals surface area contributed by atoms with Crippen LogP contribution >= 0.6 is 0 Å². The van der Waals surface area contributed by atoms with Crippen molar-refractivity contribution in [3.63, 3.8) is 0 Å². The van der Waals surface area contributed by atoms with Crippen molar-refractivity contribution in [2.75, 3.05) is 0 Å². The predicted molar refractivity (Wildman–Crippen MR) is 219 cm³/mol. The lowest BCUT2D eigenvalue weighted by atomic mass is 9.93. The first kappa shape index (κ1) is 29.5. The third kappa shape index (κ3) is 4.80. The lowest BCUT2D eigenvalue weighted by Crippen LogP contribution is -2.01. The fourth-order valence-corrected chi connectivity index (χ4v) is 7.96. The molecule has 2 heterocycles. The van der Waals surface area contributed by atoms with Gasteiger partial charge in [-0.3, -0.25) is 0 Å². The summed E-state index contributed by atoms with van der Waals surface area (Å²) in [6.07, 6.45) is 0. The fourth-order valence-electron chi connectivity index (χ4n) is 7.96. The van der Waals surface area contributed by atoms with E-state index in [1.54, 1.807) is 0 Å². The van der Waals surface area contributed by atoms with Gasteiger partial charge in [-0.2, -0.15) is 0 Å². The first-order valence-corrected chi connectivity index (χ1v) is 17.9. The molecule has 0 saturated heterocycles. The summed E-state index contributed by atoms with van der Waals surface area (Å²) in [5.41, 5.74) is 6.68. The van der Waals surface area contributed by atoms with Gasteiger partial charge in [0.1, 0.15) is 11.2 Å². The van der Waals surface area contributed by atoms with Gasteiger partial charge in [-0.25, -0.2) is 15.0 Å². The number of aromatic nitrogens is 3. The second-order valence-electron chi connectivity index (χ2n) is 13.6. The van der Waals surface area contributed by atoms with E-state index in [0.717, 1.165) is 65.9 Å². The summed E-state index contributed by atoms with van der Waals surface area (Å²) in [5.74, 6) is 1.84. The number of fused-ring (bicyclic) bond motifs is 9. The molecule has 0 spiro atoms. The Labute approximate surface area is 304 Å². The van der Waals surface area contributed by atoms with Crippen LogP contribution in [0.3, 0.4) is 0 Å². The highest BCUT2D eigenvalue weighted by atomic mass is 16.3. The molecule has 0 aliphatic rings. The quantitative estimate of drug-likeness (QED) is 0.174. The Morgan fingerprint density at radius 1 is 0.302 bits per heavy atom. The van der Waals surface area contributed by atoms with Crippen LogP contribution in [0.15, 0.2) is 180 Å². The fraction of sp³-hybridized carbons (Fsp3) is 0. The average molecular weight is 676 g/mol. The van der Waals surface area contributed by atoms with Gasteiger partial charge in [-0.15, -0.1) is 0 Å². The zero-order chi connectivity index (χ0) is 34.9. The lowest BCUT2D eigenvalue weighted by Gasteiger charge is -2.14. The molecule has 0 atom stereocenters. The van der Waals surface area contributed by atoms with Crippen LogP contribution in [0.25, 0.3) is 110 Å². The van der Waals surface area contributed by atoms with Gasteiger partial charge in [0, 0.05) is 27.5 Å². The molecule has 0 unspecified atom stereocenters. The number of rotatable bonds is 4. The highest BCUT2D eigenvalue weighted by Crippen LogP contribution is 2.41. The normalized spacial score (nSPS) is 11.8. The van der Waals surface area contributed by atoms with Crippen molar-refractivity contribution in [1.29, 1.82) is 0 Å². The van der Waals surface area contributed by atoms with Gasteiger partial charge in [0.05, 0.1) is 0 Å². The largest absolute Gasteiger partial charge is 0.456 e. The maximum atomic E-state index is 6.45. The summed E-state index contributed by atoms with van der Waals surface area (Å²) < 4.78 is 6.45. The summed E-state index contributed by atoms with van der Waals surface area (Å²) in [6, 6.07) is 61.6. The van der Waals surface area contributed by atoms with Gasteiger partial charge in [0.2, 0.25) is 0 Å². The van der Waals surface area contributed by atoms with Crippen LogP contribution in [0.4, 0.5) is 0 Å². The molecule has 9 aromatic carbocycles. The van der Waals surface area contributed by atoms with Crippen LogP contribution in [0.5, 0.6) is 0 Å². The molecule has 11 rings (SSSR count). The molecule has 0 saturated carbocycles. The molecule has 0 fully saturated rings. The Balaban J connectivity index is 1.20. The van der Waals surface area contributed by atoms with E-state index < -0.39 is 0 Å². The molecule has 0 bridgehead atoms. The van der Waals surface area contributed by atoms with Gasteiger partial charge in [-0.1, -0.05) is 146 Å². The van der Waals surface area contributed by atoms with E-state index in [9.17, 15) is 0 Å². The maximum absolute atomic E-state index is 6.45. The van der Waals surface area contributed by atoms with Crippen molar-refractivity contribution in [1.82, 2.24) is 15.0 Å². The van der Waals surface area contributed by atoms with Crippen molar-refractivity contribution < 1.29 is 4.42 Å². The summed E-state index contributed by atoms with van der Waals surface area (Å²) >= 11 is 0. The predicted octanol–water partition coefficient (Wildman–Crippen LogP) is 13.1. The summed E-state index contributed by atoms with van der Waals surface area (Å²) in [5, 5.41) is 11.4. The first-order valence-electron chi connectivity index (χ1n) is 17.9. The van der Waals surface area contributed by atoms with E-state index in [1.165, 1.54) is 26.9 Å². The second-order valence-corrected chi connectivity index (χ2v) is 13.6. The van der Waals surface area contributed by atoms with E-state index in [2.05, 4.69) is 158 Å². The van der Waals surface area contributed by atoms with E-state index in [4.69, 9.17) is 19.4 Å². The molecule has 0 aliphatic heterocycles. The Morgan fingerprint density at radius 3 is 1.83 bits per heavy atom. The molecule has 0 radical (unpaired) electrons. The SMILES string of the molecule is c1ccc(-c2ccc3oc4cccc(-c5nc(-c6ccc7ccccc7c6)nc(-c6cc7ccc8ccccc8c7c7ccccc67)n5)c4c3c2)cc1. The molecule has 2 aromatic heterocycles. The molecule has 4 heteroatoms. The van der Waals surface area contributed by atoms with Crippen LogP contribution in [-0.2, 0) is 0 Å². The zero-order valence-corrected chi connectivity index (χ0v) is 28.5. The van der Waals surface area contributed by atoms with Crippen molar-refractivity contribution in [3.05, 3.63) is 176 Å². The second kappa shape index (κ2) is 11.7. The highest BCUT2D eigenvalue weighted by molar-refractivity contribution is 6.23. The van der Waals surface area contributed by atoms with Crippen LogP contribution in [0, 0.1) is 0 Å². The zero-order valence-electron chi connectivity index (χ0n) is 28.5. The van der Waals surface area contributed by atoms with E-state index in [-0.39, 0.29) is 0 Å². The van der Waals surface area contributed by atoms with Crippen LogP contribution < -0.4 is 0 Å². The Bertz CT molecular complexity index is 3240. The third-order valence-electron chi connectivity index (χ3n) is 10.5. The maximum Gasteiger partial charge on any atom is 0.164 e. The number of hydrogen-bond donors (Lipinski definition) is 0. The van der Waals surface area contributed by atoms with Gasteiger partial charge in [0.25, 0.3) is 0 Å². The van der Waals surface area contributed by atoms with E-state index in [1.807, 2.05) is 18.2 Å². The van der Waals surface area contributed by atoms with Gasteiger partial charge >= 0.3 is 0 Å². The minimum Gasteiger partial charge on any atom is -0.456 e. The van der Waals surface area contributed by atoms with Crippen molar-refractivity contribution in [2.45, 2.75) is 0 Å². The minimum absolute atomic E-state index is 0.597. The Kier molecular flexibility index (Phi) is 6.52. The minimum atomic E-state index is 0.597. The van der Waals surface area contributed by atoms with E-state index >= 15 is 0 Å². The van der Waals surface area contributed by atoms with Gasteiger partial charge < -0.3 is 4.42 Å². The molecule has 0 N–H and O–H groups in total. The summed E-state index contributed by atoms with van der Waals surface area (Å²) in [6.45, 7) is 0. The Hall–Kier alpha value is -7.17. The van der Waals surface area contributed by atoms with Gasteiger partial charge in [-0.05, 0) is 84.5 Å². The van der Waals surface area contributed by atoms with E-state index in [0.29, 0.717) is 17.5 Å². The lowest BCUT2D eigenvalue weighted by molar-refractivity contribution is 0.669. The molecule has 0 aliphatic carbocycles. The first-order chi connectivity index (χ1) is 26.2. The molecule has 4 nitrogen and oxygen atoms in total. The molecule has 246 valence electrons. The molecular formula is C49H29N3O. The van der Waals surface area contributed by atoms with Crippen molar-refractivity contribution in [2.24, 2.45) is 0 Å². The van der Waals surface area contributed by atoms with Crippen LogP contribution in [0.1, 0.15) is 0 Å². The summed E-state index contributed by atoms with van der Waals surface area (Å²) in [4.78, 5) is 15.8. The topological polar surface area (TPSA) is 51.8 Å². The van der Waals surface area contributed by atoms with Crippen molar-refractivity contribution in [3.8, 4) is 45.3 Å². The Morgan fingerprint density at radius 2 is 0.962 bits per heavy atom. The molecule has 53 heavy (non-hydrogen) atoms. The monoisotopic (exact) mass is 675 g/mol. The third-order valence-corrected chi connectivity index (χ3v) is 10.5. The van der Waals surface area contributed by atoms with Gasteiger partial charge in [0.15, 0.2) is 17.5 Å². The highest BCUT2D eigenvalue weighted by Gasteiger charge is 2.20. The number of furan rings is 1. The molecule has 0 amide bonds. The van der Waals surface area contributed by atoms with Crippen LogP contribution in [-0.4, -0.2) is 15.0 Å². The molecular weight excluding hydrogens is 647 g/mol. The van der Waals surface area contributed by atoms with Crippen LogP contribution in [0.2, 0.25) is 0 Å².